The van der Waals surface area contributed by atoms with E-state index in [9.17, 15) is 4.79 Å². The first-order valence-corrected chi connectivity index (χ1v) is 5.71. The van der Waals surface area contributed by atoms with Crippen LogP contribution in [0.15, 0.2) is 0 Å². The molecule has 1 atom stereocenters. The second kappa shape index (κ2) is 4.94. The standard InChI is InChI=1S/C11H19NO3/c1-14-11(13)8-15-7-10-3-2-6-12(10)9-4-5-9/h9-10H,2-8H2,1H3. The Balaban J connectivity index is 1.67. The summed E-state index contributed by atoms with van der Waals surface area (Å²) in [5, 5.41) is 0. The molecule has 0 aromatic rings. The Labute approximate surface area is 90.5 Å². The summed E-state index contributed by atoms with van der Waals surface area (Å²) in [5.74, 6) is -0.286. The predicted octanol–water partition coefficient (Wildman–Crippen LogP) is 0.803. The SMILES string of the molecule is COC(=O)COCC1CCCN1C1CC1. The molecule has 0 N–H and O–H groups in total. The highest BCUT2D eigenvalue weighted by atomic mass is 16.6. The van der Waals surface area contributed by atoms with Crippen LogP contribution in [-0.2, 0) is 14.3 Å². The molecule has 86 valence electrons. The summed E-state index contributed by atoms with van der Waals surface area (Å²) in [7, 11) is 1.39. The molecule has 2 fully saturated rings. The zero-order valence-corrected chi connectivity index (χ0v) is 9.28. The molecular weight excluding hydrogens is 194 g/mol. The lowest BCUT2D eigenvalue weighted by Crippen LogP contribution is -2.35. The maximum atomic E-state index is 10.9. The molecule has 0 aromatic carbocycles. The van der Waals surface area contributed by atoms with Gasteiger partial charge in [0.1, 0.15) is 6.61 Å². The van der Waals surface area contributed by atoms with Crippen molar-refractivity contribution >= 4 is 5.97 Å². The molecule has 0 radical (unpaired) electrons. The van der Waals surface area contributed by atoms with Crippen molar-refractivity contribution in [3.05, 3.63) is 0 Å². The number of methoxy groups -OCH3 is 1. The molecule has 0 spiro atoms. The Kier molecular flexibility index (Phi) is 3.59. The maximum Gasteiger partial charge on any atom is 0.331 e. The van der Waals surface area contributed by atoms with Gasteiger partial charge in [0, 0.05) is 12.1 Å². The molecule has 1 unspecified atom stereocenters. The van der Waals surface area contributed by atoms with Crippen molar-refractivity contribution in [1.29, 1.82) is 0 Å². The lowest BCUT2D eigenvalue weighted by molar-refractivity contribution is -0.146. The zero-order valence-electron chi connectivity index (χ0n) is 9.28. The summed E-state index contributed by atoms with van der Waals surface area (Å²) in [6.07, 6.45) is 5.15. The van der Waals surface area contributed by atoms with Crippen LogP contribution in [0.1, 0.15) is 25.7 Å². The smallest absolute Gasteiger partial charge is 0.331 e. The fraction of sp³-hybridized carbons (Fsp3) is 0.909. The Bertz CT molecular complexity index is 228. The summed E-state index contributed by atoms with van der Waals surface area (Å²) in [4.78, 5) is 13.4. The van der Waals surface area contributed by atoms with Crippen LogP contribution in [0.25, 0.3) is 0 Å². The highest BCUT2D eigenvalue weighted by Crippen LogP contribution is 2.33. The molecule has 1 heterocycles. The predicted molar refractivity (Wildman–Crippen MR) is 55.6 cm³/mol. The van der Waals surface area contributed by atoms with E-state index in [0.717, 1.165) is 6.04 Å². The topological polar surface area (TPSA) is 38.8 Å². The second-order valence-corrected chi connectivity index (χ2v) is 4.36. The molecule has 0 aromatic heterocycles. The molecule has 0 amide bonds. The third-order valence-electron chi connectivity index (χ3n) is 3.20. The van der Waals surface area contributed by atoms with Crippen LogP contribution in [0.5, 0.6) is 0 Å². The molecule has 1 aliphatic heterocycles. The van der Waals surface area contributed by atoms with Gasteiger partial charge in [-0.1, -0.05) is 0 Å². The van der Waals surface area contributed by atoms with Crippen molar-refractivity contribution in [2.75, 3.05) is 26.9 Å². The van der Waals surface area contributed by atoms with Crippen molar-refractivity contribution < 1.29 is 14.3 Å². The highest BCUT2D eigenvalue weighted by molar-refractivity contribution is 5.70. The van der Waals surface area contributed by atoms with Crippen molar-refractivity contribution in [3.8, 4) is 0 Å². The number of carbonyl (C=O) groups excluding carboxylic acids is 1. The van der Waals surface area contributed by atoms with E-state index in [1.54, 1.807) is 0 Å². The van der Waals surface area contributed by atoms with Crippen LogP contribution in [0.4, 0.5) is 0 Å². The van der Waals surface area contributed by atoms with Crippen molar-refractivity contribution in [1.82, 2.24) is 4.90 Å². The third-order valence-corrected chi connectivity index (χ3v) is 3.20. The molecule has 1 aliphatic carbocycles. The van der Waals surface area contributed by atoms with E-state index in [2.05, 4.69) is 9.64 Å². The molecule has 4 heteroatoms. The number of likely N-dealkylation sites (tertiary alicyclic amines) is 1. The zero-order chi connectivity index (χ0) is 10.7. The minimum Gasteiger partial charge on any atom is -0.467 e. The van der Waals surface area contributed by atoms with Gasteiger partial charge < -0.3 is 9.47 Å². The highest BCUT2D eigenvalue weighted by Gasteiger charge is 2.36. The van der Waals surface area contributed by atoms with Gasteiger partial charge in [0.15, 0.2) is 0 Å². The van der Waals surface area contributed by atoms with Crippen molar-refractivity contribution in [3.63, 3.8) is 0 Å². The molecule has 4 nitrogen and oxygen atoms in total. The van der Waals surface area contributed by atoms with Gasteiger partial charge in [0.05, 0.1) is 13.7 Å². The minimum absolute atomic E-state index is 0.0888. The Morgan fingerprint density at radius 1 is 1.40 bits per heavy atom. The van der Waals surface area contributed by atoms with E-state index < -0.39 is 0 Å². The first-order chi connectivity index (χ1) is 7.31. The van der Waals surface area contributed by atoms with Crippen LogP contribution in [0, 0.1) is 0 Å². The van der Waals surface area contributed by atoms with Gasteiger partial charge in [-0.25, -0.2) is 4.79 Å². The van der Waals surface area contributed by atoms with Gasteiger partial charge in [-0.2, -0.15) is 0 Å². The summed E-state index contributed by atoms with van der Waals surface area (Å²) < 4.78 is 9.89. The monoisotopic (exact) mass is 213 g/mol. The Morgan fingerprint density at radius 2 is 2.20 bits per heavy atom. The largest absolute Gasteiger partial charge is 0.467 e. The summed E-state index contributed by atoms with van der Waals surface area (Å²) in [5.41, 5.74) is 0. The molecule has 15 heavy (non-hydrogen) atoms. The Morgan fingerprint density at radius 3 is 2.87 bits per heavy atom. The molecule has 2 rings (SSSR count). The third kappa shape index (κ3) is 2.92. The van der Waals surface area contributed by atoms with Crippen LogP contribution < -0.4 is 0 Å². The van der Waals surface area contributed by atoms with Crippen molar-refractivity contribution in [2.45, 2.75) is 37.8 Å². The summed E-state index contributed by atoms with van der Waals surface area (Å²) >= 11 is 0. The minimum atomic E-state index is -0.286. The lowest BCUT2D eigenvalue weighted by atomic mass is 10.2. The average Bonchev–Trinajstić information content (AvgIpc) is 2.99. The summed E-state index contributed by atoms with van der Waals surface area (Å²) in [6, 6.07) is 1.33. The number of rotatable bonds is 5. The summed E-state index contributed by atoms with van der Waals surface area (Å²) in [6.45, 7) is 1.97. The van der Waals surface area contributed by atoms with Crippen LogP contribution >= 0.6 is 0 Å². The van der Waals surface area contributed by atoms with E-state index >= 15 is 0 Å². The van der Waals surface area contributed by atoms with Gasteiger partial charge in [0.2, 0.25) is 0 Å². The Hall–Kier alpha value is -0.610. The first kappa shape index (κ1) is 10.9. The second-order valence-electron chi connectivity index (χ2n) is 4.36. The van der Waals surface area contributed by atoms with Gasteiger partial charge in [-0.05, 0) is 32.2 Å². The molecule has 2 aliphatic rings. The number of nitrogens with zero attached hydrogens (tertiary/aromatic N) is 1. The average molecular weight is 213 g/mol. The van der Waals surface area contributed by atoms with Gasteiger partial charge in [-0.3, -0.25) is 4.90 Å². The lowest BCUT2D eigenvalue weighted by Gasteiger charge is -2.23. The van der Waals surface area contributed by atoms with E-state index in [4.69, 9.17) is 4.74 Å². The first-order valence-electron chi connectivity index (χ1n) is 5.71. The van der Waals surface area contributed by atoms with E-state index in [0.29, 0.717) is 12.6 Å². The van der Waals surface area contributed by atoms with E-state index in [-0.39, 0.29) is 12.6 Å². The van der Waals surface area contributed by atoms with Gasteiger partial charge in [0.25, 0.3) is 0 Å². The van der Waals surface area contributed by atoms with Crippen LogP contribution in [0.2, 0.25) is 0 Å². The van der Waals surface area contributed by atoms with E-state index in [1.807, 2.05) is 0 Å². The van der Waals surface area contributed by atoms with Gasteiger partial charge in [-0.15, -0.1) is 0 Å². The number of hydrogen-bond acceptors (Lipinski definition) is 4. The maximum absolute atomic E-state index is 10.9. The van der Waals surface area contributed by atoms with E-state index in [1.165, 1.54) is 39.3 Å². The molecule has 1 saturated carbocycles. The van der Waals surface area contributed by atoms with Crippen molar-refractivity contribution in [2.24, 2.45) is 0 Å². The fourth-order valence-corrected chi connectivity index (χ4v) is 2.26. The normalized spacial score (nSPS) is 26.9. The molecular formula is C11H19NO3. The molecule has 0 bridgehead atoms. The number of carbonyl (C=O) groups is 1. The van der Waals surface area contributed by atoms with Crippen LogP contribution in [-0.4, -0.2) is 49.8 Å². The molecule has 1 saturated heterocycles. The number of ether oxygens (including phenoxy) is 2. The number of hydrogen-bond donors (Lipinski definition) is 0. The number of esters is 1. The van der Waals surface area contributed by atoms with Crippen LogP contribution in [0.3, 0.4) is 0 Å². The van der Waals surface area contributed by atoms with Gasteiger partial charge >= 0.3 is 5.97 Å². The fourth-order valence-electron chi connectivity index (χ4n) is 2.26. The quantitative estimate of drug-likeness (QED) is 0.633.